The van der Waals surface area contributed by atoms with Crippen molar-refractivity contribution in [2.75, 3.05) is 49.2 Å². The number of piperazine rings is 1. The first-order chi connectivity index (χ1) is 17.6. The van der Waals surface area contributed by atoms with Crippen molar-refractivity contribution < 1.29 is 0 Å². The van der Waals surface area contributed by atoms with Crippen LogP contribution in [0.4, 0.5) is 5.82 Å². The smallest absolute Gasteiger partial charge is 0.281 e. The van der Waals surface area contributed by atoms with Gasteiger partial charge in [-0.3, -0.25) is 9.69 Å². The summed E-state index contributed by atoms with van der Waals surface area (Å²) in [7, 11) is 0. The van der Waals surface area contributed by atoms with Gasteiger partial charge in [0, 0.05) is 42.2 Å². The number of anilines is 1. The normalized spacial score (nSPS) is 18.7. The van der Waals surface area contributed by atoms with Gasteiger partial charge in [-0.2, -0.15) is 0 Å². The van der Waals surface area contributed by atoms with Crippen molar-refractivity contribution in [3.05, 3.63) is 57.2 Å². The number of para-hydroxylation sites is 1. The minimum Gasteiger partial charge on any atom is -0.354 e. The van der Waals surface area contributed by atoms with Crippen LogP contribution in [0.15, 0.2) is 46.3 Å². The van der Waals surface area contributed by atoms with Gasteiger partial charge in [0.05, 0.1) is 10.9 Å². The standard InChI is InChI=1S/C27H32N6OS2/c1-18-7-9-20-22(17-18)36-25-24(20)26(34)33(28)27(30-25)35-16-4-11-31-12-14-32(15-13-31)23-10-8-19-5-2-3-6-21(19)29-23/h2-3,5-6,8,10,18H,4,7,9,11-17,28H2,1H3. The number of rotatable bonds is 6. The molecule has 0 amide bonds. The molecular weight excluding hydrogens is 488 g/mol. The monoisotopic (exact) mass is 520 g/mol. The molecule has 2 N–H and O–H groups in total. The number of thioether (sulfide) groups is 1. The molecule has 9 heteroatoms. The first-order valence-electron chi connectivity index (χ1n) is 12.8. The summed E-state index contributed by atoms with van der Waals surface area (Å²) in [5.74, 6) is 8.83. The van der Waals surface area contributed by atoms with Crippen LogP contribution in [0.1, 0.15) is 30.2 Å². The summed E-state index contributed by atoms with van der Waals surface area (Å²) in [6, 6.07) is 12.6. The summed E-state index contributed by atoms with van der Waals surface area (Å²) < 4.78 is 1.27. The molecule has 1 aliphatic heterocycles. The van der Waals surface area contributed by atoms with E-state index in [1.54, 1.807) is 23.1 Å². The lowest BCUT2D eigenvalue weighted by atomic mass is 9.89. The Kier molecular flexibility index (Phi) is 6.62. The van der Waals surface area contributed by atoms with E-state index in [1.807, 2.05) is 6.07 Å². The number of pyridine rings is 1. The first-order valence-corrected chi connectivity index (χ1v) is 14.7. The van der Waals surface area contributed by atoms with E-state index in [2.05, 4.69) is 47.1 Å². The van der Waals surface area contributed by atoms with E-state index < -0.39 is 0 Å². The third-order valence-corrected chi connectivity index (χ3v) is 9.65. The molecule has 4 aromatic rings. The Balaban J connectivity index is 1.03. The van der Waals surface area contributed by atoms with E-state index in [1.165, 1.54) is 20.5 Å². The molecule has 36 heavy (non-hydrogen) atoms. The molecule has 3 aromatic heterocycles. The van der Waals surface area contributed by atoms with Gasteiger partial charge in [-0.1, -0.05) is 36.9 Å². The maximum absolute atomic E-state index is 13.0. The number of aromatic nitrogens is 3. The molecule has 6 rings (SSSR count). The van der Waals surface area contributed by atoms with Gasteiger partial charge in [0.2, 0.25) is 0 Å². The summed E-state index contributed by atoms with van der Waals surface area (Å²) in [4.78, 5) is 29.8. The fourth-order valence-corrected chi connectivity index (χ4v) is 7.63. The molecule has 0 radical (unpaired) electrons. The van der Waals surface area contributed by atoms with Crippen LogP contribution >= 0.6 is 23.1 Å². The molecule has 188 valence electrons. The molecule has 0 bridgehead atoms. The predicted molar refractivity (Wildman–Crippen MR) is 151 cm³/mol. The number of nitrogens with two attached hydrogens (primary N) is 1. The topological polar surface area (TPSA) is 80.3 Å². The second kappa shape index (κ2) is 10.0. The second-order valence-electron chi connectivity index (χ2n) is 9.99. The van der Waals surface area contributed by atoms with E-state index in [0.29, 0.717) is 11.1 Å². The molecular formula is C27H32N6OS2. The van der Waals surface area contributed by atoms with Crippen molar-refractivity contribution in [3.8, 4) is 0 Å². The fourth-order valence-electron chi connectivity index (χ4n) is 5.37. The van der Waals surface area contributed by atoms with Crippen LogP contribution in [0.25, 0.3) is 21.1 Å². The number of hydrogen-bond acceptors (Lipinski definition) is 8. The maximum atomic E-state index is 13.0. The van der Waals surface area contributed by atoms with Crippen LogP contribution in [0.5, 0.6) is 0 Å². The molecule has 0 spiro atoms. The Morgan fingerprint density at radius 1 is 1.11 bits per heavy atom. The van der Waals surface area contributed by atoms with Crippen molar-refractivity contribution in [3.63, 3.8) is 0 Å². The number of thiophene rings is 1. The number of fused-ring (bicyclic) bond motifs is 4. The van der Waals surface area contributed by atoms with E-state index in [0.717, 1.165) is 85.7 Å². The third kappa shape index (κ3) is 4.60. The van der Waals surface area contributed by atoms with Crippen LogP contribution in [0.2, 0.25) is 0 Å². The number of nitrogens with zero attached hydrogens (tertiary/aromatic N) is 5. The van der Waals surface area contributed by atoms with Crippen molar-refractivity contribution in [2.45, 2.75) is 37.8 Å². The molecule has 0 saturated carbocycles. The third-order valence-electron chi connectivity index (χ3n) is 7.46. The minimum atomic E-state index is -0.0898. The van der Waals surface area contributed by atoms with E-state index >= 15 is 0 Å². The van der Waals surface area contributed by atoms with Crippen molar-refractivity contribution >= 4 is 50.0 Å². The highest BCUT2D eigenvalue weighted by Crippen LogP contribution is 2.36. The van der Waals surface area contributed by atoms with Crippen LogP contribution in [0, 0.1) is 5.92 Å². The summed E-state index contributed by atoms with van der Waals surface area (Å²) in [6.07, 6.45) is 4.18. The summed E-state index contributed by atoms with van der Waals surface area (Å²) in [5, 5.41) is 2.57. The highest BCUT2D eigenvalue weighted by molar-refractivity contribution is 7.99. The zero-order valence-corrected chi connectivity index (χ0v) is 22.3. The quantitative estimate of drug-likeness (QED) is 0.177. The Morgan fingerprint density at radius 3 is 2.81 bits per heavy atom. The Bertz CT molecular complexity index is 1460. The molecule has 4 heterocycles. The molecule has 7 nitrogen and oxygen atoms in total. The number of aryl methyl sites for hydroxylation is 1. The van der Waals surface area contributed by atoms with E-state index in [9.17, 15) is 4.79 Å². The van der Waals surface area contributed by atoms with Gasteiger partial charge in [0.1, 0.15) is 10.6 Å². The van der Waals surface area contributed by atoms with Gasteiger partial charge in [0.25, 0.3) is 5.56 Å². The predicted octanol–water partition coefficient (Wildman–Crippen LogP) is 4.15. The molecule has 1 saturated heterocycles. The zero-order chi connectivity index (χ0) is 24.6. The molecule has 1 aliphatic carbocycles. The van der Waals surface area contributed by atoms with Gasteiger partial charge in [0.15, 0.2) is 5.16 Å². The Labute approximate surface area is 219 Å². The lowest BCUT2D eigenvalue weighted by Gasteiger charge is -2.35. The van der Waals surface area contributed by atoms with E-state index in [-0.39, 0.29) is 5.56 Å². The second-order valence-corrected chi connectivity index (χ2v) is 12.1. The number of nitrogen functional groups attached to an aromatic ring is 1. The highest BCUT2D eigenvalue weighted by atomic mass is 32.2. The first kappa shape index (κ1) is 23.8. The Morgan fingerprint density at radius 2 is 1.94 bits per heavy atom. The lowest BCUT2D eigenvalue weighted by molar-refractivity contribution is 0.258. The molecule has 1 unspecified atom stereocenters. The summed E-state index contributed by atoms with van der Waals surface area (Å²) in [6.45, 7) is 7.35. The van der Waals surface area contributed by atoms with Crippen molar-refractivity contribution in [1.82, 2.24) is 19.5 Å². The lowest BCUT2D eigenvalue weighted by Crippen LogP contribution is -2.47. The summed E-state index contributed by atoms with van der Waals surface area (Å²) >= 11 is 3.29. The van der Waals surface area contributed by atoms with Crippen LogP contribution in [-0.4, -0.2) is 58.0 Å². The Hall–Kier alpha value is -2.62. The van der Waals surface area contributed by atoms with Gasteiger partial charge >= 0.3 is 0 Å². The maximum Gasteiger partial charge on any atom is 0.281 e. The van der Waals surface area contributed by atoms with Crippen molar-refractivity contribution in [2.24, 2.45) is 5.92 Å². The largest absolute Gasteiger partial charge is 0.354 e. The average molecular weight is 521 g/mol. The molecule has 1 atom stereocenters. The minimum absolute atomic E-state index is 0.0898. The van der Waals surface area contributed by atoms with Crippen LogP contribution in [0.3, 0.4) is 0 Å². The number of hydrogen-bond donors (Lipinski definition) is 1. The van der Waals surface area contributed by atoms with Crippen LogP contribution in [-0.2, 0) is 12.8 Å². The van der Waals surface area contributed by atoms with Gasteiger partial charge in [-0.15, -0.1) is 11.3 Å². The molecule has 2 aliphatic rings. The zero-order valence-electron chi connectivity index (χ0n) is 20.7. The van der Waals surface area contributed by atoms with Gasteiger partial charge in [-0.05, 0) is 61.9 Å². The molecule has 1 aromatic carbocycles. The highest BCUT2D eigenvalue weighted by Gasteiger charge is 2.24. The van der Waals surface area contributed by atoms with Gasteiger partial charge in [-0.25, -0.2) is 14.6 Å². The van der Waals surface area contributed by atoms with Crippen LogP contribution < -0.4 is 16.3 Å². The molecule has 1 fully saturated rings. The summed E-state index contributed by atoms with van der Waals surface area (Å²) in [5.41, 5.74) is 2.16. The SMILES string of the molecule is CC1CCc2c(sc3nc(SCCCN4CCN(c5ccc6ccccc6n5)CC4)n(N)c(=O)c23)C1. The average Bonchev–Trinajstić information content (AvgIpc) is 3.26. The van der Waals surface area contributed by atoms with Crippen molar-refractivity contribution in [1.29, 1.82) is 0 Å². The fraction of sp³-hybridized carbons (Fsp3) is 0.444. The number of benzene rings is 1. The van der Waals surface area contributed by atoms with Gasteiger partial charge < -0.3 is 10.7 Å². The van der Waals surface area contributed by atoms with E-state index in [4.69, 9.17) is 15.8 Å².